The average molecular weight is 241 g/mol. The van der Waals surface area contributed by atoms with Crippen molar-refractivity contribution >= 4 is 33.9 Å². The van der Waals surface area contributed by atoms with E-state index in [0.717, 1.165) is 28.5 Å². The van der Waals surface area contributed by atoms with Crippen molar-refractivity contribution in [3.05, 3.63) is 16.0 Å². The maximum Gasteiger partial charge on any atom is 0.168 e. The Kier molecular flexibility index (Phi) is 3.07. The molecule has 2 rings (SSSR count). The zero-order valence-electron chi connectivity index (χ0n) is 9.00. The van der Waals surface area contributed by atoms with E-state index in [4.69, 9.17) is 5.73 Å². The van der Waals surface area contributed by atoms with E-state index in [9.17, 15) is 4.79 Å². The third kappa shape index (κ3) is 1.93. The molecule has 2 heterocycles. The second-order valence-electron chi connectivity index (χ2n) is 4.06. The summed E-state index contributed by atoms with van der Waals surface area (Å²) in [4.78, 5) is 13.3. The fraction of sp³-hybridized carbons (Fsp3) is 0.545. The summed E-state index contributed by atoms with van der Waals surface area (Å²) in [5.74, 6) is 2.38. The number of fused-ring (bicyclic) bond motifs is 1. The number of rotatable bonds is 2. The number of hydrogen-bond donors (Lipinski definition) is 1. The molecule has 0 saturated carbocycles. The zero-order chi connectivity index (χ0) is 11.0. The molecule has 1 aromatic rings. The van der Waals surface area contributed by atoms with E-state index in [0.29, 0.717) is 0 Å². The van der Waals surface area contributed by atoms with Crippen LogP contribution in [0.1, 0.15) is 34.6 Å². The Hall–Kier alpha value is -0.480. The molecule has 0 unspecified atom stereocenters. The van der Waals surface area contributed by atoms with Crippen LogP contribution in [-0.2, 0) is 12.2 Å². The smallest absolute Gasteiger partial charge is 0.168 e. The number of Topliss-reactive ketones (excluding diaryl/α,β-unsaturated/α-hetero) is 1. The van der Waals surface area contributed by atoms with Gasteiger partial charge in [-0.25, -0.2) is 0 Å². The van der Waals surface area contributed by atoms with Crippen molar-refractivity contribution in [1.82, 2.24) is 0 Å². The van der Waals surface area contributed by atoms with Crippen molar-refractivity contribution in [2.75, 3.05) is 11.5 Å². The van der Waals surface area contributed by atoms with Gasteiger partial charge in [-0.1, -0.05) is 13.8 Å². The van der Waals surface area contributed by atoms with E-state index in [1.165, 1.54) is 10.4 Å². The third-order valence-electron chi connectivity index (χ3n) is 2.62. The predicted molar refractivity (Wildman–Crippen MR) is 67.8 cm³/mol. The molecular weight excluding hydrogens is 226 g/mol. The van der Waals surface area contributed by atoms with Crippen LogP contribution in [0.25, 0.3) is 0 Å². The number of carbonyl (C=O) groups is 1. The van der Waals surface area contributed by atoms with Crippen LogP contribution in [0.15, 0.2) is 0 Å². The molecule has 1 aromatic heterocycles. The van der Waals surface area contributed by atoms with E-state index >= 15 is 0 Å². The van der Waals surface area contributed by atoms with Gasteiger partial charge < -0.3 is 5.73 Å². The number of ketones is 1. The van der Waals surface area contributed by atoms with Gasteiger partial charge in [-0.05, 0) is 17.7 Å². The third-order valence-corrected chi connectivity index (χ3v) is 4.85. The van der Waals surface area contributed by atoms with Gasteiger partial charge in [-0.15, -0.1) is 11.3 Å². The largest absolute Gasteiger partial charge is 0.390 e. The van der Waals surface area contributed by atoms with Crippen molar-refractivity contribution in [2.45, 2.75) is 26.0 Å². The van der Waals surface area contributed by atoms with Crippen molar-refractivity contribution in [1.29, 1.82) is 0 Å². The second kappa shape index (κ2) is 4.18. The summed E-state index contributed by atoms with van der Waals surface area (Å²) in [5.41, 5.74) is 8.00. The fourth-order valence-electron chi connectivity index (χ4n) is 1.81. The first-order chi connectivity index (χ1) is 7.11. The standard InChI is InChI=1S/C11H15NOS2/c1-6(2)10(13)9-7-3-4-14-5-8(7)15-11(9)12/h6H,3-5,12H2,1-2H3. The molecule has 1 aliphatic heterocycles. The summed E-state index contributed by atoms with van der Waals surface area (Å²) in [6, 6.07) is 0. The van der Waals surface area contributed by atoms with Gasteiger partial charge in [-0.3, -0.25) is 4.79 Å². The summed E-state index contributed by atoms with van der Waals surface area (Å²) < 4.78 is 0. The highest BCUT2D eigenvalue weighted by atomic mass is 32.2. The highest BCUT2D eigenvalue weighted by Crippen LogP contribution is 2.38. The lowest BCUT2D eigenvalue weighted by Gasteiger charge is -2.12. The number of nitrogen functional groups attached to an aromatic ring is 1. The first-order valence-corrected chi connectivity index (χ1v) is 7.10. The maximum atomic E-state index is 12.0. The number of thioether (sulfide) groups is 1. The average Bonchev–Trinajstić information content (AvgIpc) is 2.52. The molecule has 0 bridgehead atoms. The molecule has 0 amide bonds. The van der Waals surface area contributed by atoms with Crippen molar-refractivity contribution in [3.8, 4) is 0 Å². The predicted octanol–water partition coefficient (Wildman–Crippen LogP) is 2.96. The van der Waals surface area contributed by atoms with Gasteiger partial charge in [0.15, 0.2) is 5.78 Å². The van der Waals surface area contributed by atoms with Crippen molar-refractivity contribution < 1.29 is 4.79 Å². The zero-order valence-corrected chi connectivity index (χ0v) is 10.6. The van der Waals surface area contributed by atoms with Crippen molar-refractivity contribution in [2.24, 2.45) is 5.92 Å². The van der Waals surface area contributed by atoms with Crippen LogP contribution in [0.4, 0.5) is 5.00 Å². The van der Waals surface area contributed by atoms with Crippen LogP contribution < -0.4 is 5.73 Å². The van der Waals surface area contributed by atoms with Crippen LogP contribution in [-0.4, -0.2) is 11.5 Å². The number of nitrogens with two attached hydrogens (primary N) is 1. The lowest BCUT2D eigenvalue weighted by Crippen LogP contribution is -2.12. The van der Waals surface area contributed by atoms with Crippen LogP contribution in [0.2, 0.25) is 0 Å². The van der Waals surface area contributed by atoms with E-state index in [2.05, 4.69) is 0 Å². The molecule has 0 fully saturated rings. The van der Waals surface area contributed by atoms with Gasteiger partial charge in [0.2, 0.25) is 0 Å². The monoisotopic (exact) mass is 241 g/mol. The summed E-state index contributed by atoms with van der Waals surface area (Å²) in [5, 5.41) is 0.723. The molecule has 0 aliphatic carbocycles. The highest BCUT2D eigenvalue weighted by Gasteiger charge is 2.25. The topological polar surface area (TPSA) is 43.1 Å². The van der Waals surface area contributed by atoms with E-state index in [1.54, 1.807) is 11.3 Å². The van der Waals surface area contributed by atoms with Crippen LogP contribution in [0.5, 0.6) is 0 Å². The molecular formula is C11H15NOS2. The summed E-state index contributed by atoms with van der Waals surface area (Å²) in [6.45, 7) is 3.87. The number of anilines is 1. The number of thiophene rings is 1. The molecule has 0 atom stereocenters. The Morgan fingerprint density at radius 3 is 2.87 bits per heavy atom. The molecule has 0 spiro atoms. The quantitative estimate of drug-likeness (QED) is 0.810. The Morgan fingerprint density at radius 2 is 2.20 bits per heavy atom. The normalized spacial score (nSPS) is 15.4. The molecule has 82 valence electrons. The summed E-state index contributed by atoms with van der Waals surface area (Å²) in [7, 11) is 0. The molecule has 0 aromatic carbocycles. The van der Waals surface area contributed by atoms with E-state index < -0.39 is 0 Å². The second-order valence-corrected chi connectivity index (χ2v) is 6.31. The molecule has 15 heavy (non-hydrogen) atoms. The van der Waals surface area contributed by atoms with E-state index in [1.807, 2.05) is 25.6 Å². The minimum Gasteiger partial charge on any atom is -0.390 e. The Bertz CT molecular complexity index is 396. The summed E-state index contributed by atoms with van der Waals surface area (Å²) >= 11 is 3.52. The number of hydrogen-bond acceptors (Lipinski definition) is 4. The SMILES string of the molecule is CC(C)C(=O)c1c(N)sc2c1CCSC2. The lowest BCUT2D eigenvalue weighted by molar-refractivity contribution is 0.0940. The van der Waals surface area contributed by atoms with Crippen LogP contribution in [0.3, 0.4) is 0 Å². The first kappa shape index (κ1) is 11.0. The molecule has 2 nitrogen and oxygen atoms in total. The molecule has 4 heteroatoms. The highest BCUT2D eigenvalue weighted by molar-refractivity contribution is 7.98. The minimum atomic E-state index is 0.0422. The Labute approximate surface area is 98.2 Å². The van der Waals surface area contributed by atoms with Gasteiger partial charge in [0.05, 0.1) is 10.6 Å². The van der Waals surface area contributed by atoms with E-state index in [-0.39, 0.29) is 11.7 Å². The van der Waals surface area contributed by atoms with Crippen molar-refractivity contribution in [3.63, 3.8) is 0 Å². The fourth-order valence-corrected chi connectivity index (χ4v) is 4.07. The van der Waals surface area contributed by atoms with Gasteiger partial charge in [0.25, 0.3) is 0 Å². The first-order valence-electron chi connectivity index (χ1n) is 5.13. The maximum absolute atomic E-state index is 12.0. The molecule has 2 N–H and O–H groups in total. The van der Waals surface area contributed by atoms with Crippen LogP contribution in [0, 0.1) is 5.92 Å². The Morgan fingerprint density at radius 1 is 1.47 bits per heavy atom. The summed E-state index contributed by atoms with van der Waals surface area (Å²) in [6.07, 6.45) is 1.00. The van der Waals surface area contributed by atoms with Crippen LogP contribution >= 0.6 is 23.1 Å². The lowest BCUT2D eigenvalue weighted by atomic mass is 9.97. The Balaban J connectivity index is 2.46. The molecule has 0 saturated heterocycles. The minimum absolute atomic E-state index is 0.0422. The van der Waals surface area contributed by atoms with Gasteiger partial charge in [0, 0.05) is 16.5 Å². The number of carbonyl (C=O) groups excluding carboxylic acids is 1. The molecule has 0 radical (unpaired) electrons. The van der Waals surface area contributed by atoms with Gasteiger partial charge in [-0.2, -0.15) is 11.8 Å². The van der Waals surface area contributed by atoms with Gasteiger partial charge in [0.1, 0.15) is 0 Å². The van der Waals surface area contributed by atoms with Gasteiger partial charge >= 0.3 is 0 Å². The molecule has 1 aliphatic rings.